The average molecular weight is 230 g/mol. The number of rotatable bonds is 0. The maximum absolute atomic E-state index is 8.19. The molecule has 0 aromatic heterocycles. The van der Waals surface area contributed by atoms with Gasteiger partial charge < -0.3 is 35.0 Å². The topological polar surface area (TPSA) is 57.5 Å². The van der Waals surface area contributed by atoms with Crippen molar-refractivity contribution in [1.29, 1.82) is 0 Å². The van der Waals surface area contributed by atoms with Gasteiger partial charge in [0.2, 0.25) is 0 Å². The molecule has 0 saturated heterocycles. The van der Waals surface area contributed by atoms with Crippen LogP contribution in [-0.4, -0.2) is 23.4 Å². The van der Waals surface area contributed by atoms with E-state index in [1.165, 1.54) is 0 Å². The standard InChI is InChI=1S/2C2H6O.2ClH.O.V/c2*1-2-3;;;;/h2*3H,2H2,1H3;2*1H;;/q;;;;;+2/p-2. The predicted octanol–water partition coefficient (Wildman–Crippen LogP) is -6.12. The van der Waals surface area contributed by atoms with Crippen molar-refractivity contribution >= 4 is 0 Å². The van der Waals surface area contributed by atoms with Crippen LogP contribution in [0.25, 0.3) is 0 Å². The van der Waals surface area contributed by atoms with Crippen LogP contribution in [0.15, 0.2) is 0 Å². The zero-order valence-corrected chi connectivity index (χ0v) is 8.83. The molecule has 0 aromatic carbocycles. The van der Waals surface area contributed by atoms with E-state index in [-0.39, 0.29) is 38.0 Å². The number of hydrogen-bond donors (Lipinski definition) is 2. The third-order valence-electron chi connectivity index (χ3n) is 0. The summed E-state index contributed by atoms with van der Waals surface area (Å²) < 4.78 is 8.19. The predicted molar refractivity (Wildman–Crippen MR) is 26.2 cm³/mol. The second kappa shape index (κ2) is 93.8. The van der Waals surface area contributed by atoms with Crippen LogP contribution >= 0.6 is 0 Å². The Balaban J connectivity index is -0.0000000116. The first kappa shape index (κ1) is 30.7. The molecule has 0 aliphatic rings. The molecule has 0 aromatic rings. The van der Waals surface area contributed by atoms with Gasteiger partial charge in [0.1, 0.15) is 0 Å². The number of halogens is 2. The molecule has 0 unspecified atom stereocenters. The Kier molecular flexibility index (Phi) is 288. The van der Waals surface area contributed by atoms with Crippen molar-refractivity contribution in [2.75, 3.05) is 13.2 Å². The van der Waals surface area contributed by atoms with Gasteiger partial charge in [0.15, 0.2) is 0 Å². The van der Waals surface area contributed by atoms with Gasteiger partial charge in [0.25, 0.3) is 0 Å². The van der Waals surface area contributed by atoms with Crippen LogP contribution in [0.4, 0.5) is 0 Å². The first-order valence-corrected chi connectivity index (χ1v) is 2.80. The third kappa shape index (κ3) is 706. The fourth-order valence-electron chi connectivity index (χ4n) is 0. The van der Waals surface area contributed by atoms with Gasteiger partial charge in [-0.15, -0.1) is 0 Å². The van der Waals surface area contributed by atoms with Gasteiger partial charge in [-0.25, -0.2) is 0 Å². The second-order valence-electron chi connectivity index (χ2n) is 0.632. The Morgan fingerprint density at radius 1 is 1.00 bits per heavy atom. The van der Waals surface area contributed by atoms with Gasteiger partial charge >= 0.3 is 21.0 Å². The quantitative estimate of drug-likeness (QED) is 0.435. The van der Waals surface area contributed by atoms with Crippen LogP contribution in [0, 0.1) is 0 Å². The van der Waals surface area contributed by atoms with E-state index in [9.17, 15) is 0 Å². The van der Waals surface area contributed by atoms with E-state index >= 15 is 0 Å². The molecule has 0 bridgehead atoms. The van der Waals surface area contributed by atoms with Crippen molar-refractivity contribution in [3.05, 3.63) is 0 Å². The summed E-state index contributed by atoms with van der Waals surface area (Å²) >= 11 is 1.06. The Morgan fingerprint density at radius 3 is 1.00 bits per heavy atom. The molecule has 10 heavy (non-hydrogen) atoms. The van der Waals surface area contributed by atoms with Crippen LogP contribution in [0.2, 0.25) is 0 Å². The van der Waals surface area contributed by atoms with Gasteiger partial charge in [-0.2, -0.15) is 0 Å². The van der Waals surface area contributed by atoms with Crippen LogP contribution in [0.3, 0.4) is 0 Å². The monoisotopic (exact) mass is 229 g/mol. The molecule has 0 aliphatic carbocycles. The van der Waals surface area contributed by atoms with E-state index in [0.29, 0.717) is 0 Å². The Labute approximate surface area is 83.2 Å². The summed E-state index contributed by atoms with van der Waals surface area (Å²) in [6.45, 7) is 3.86. The van der Waals surface area contributed by atoms with E-state index in [1.54, 1.807) is 13.8 Å². The summed E-state index contributed by atoms with van der Waals surface area (Å²) in [6, 6.07) is 0. The van der Waals surface area contributed by atoms with E-state index in [4.69, 9.17) is 13.9 Å². The van der Waals surface area contributed by atoms with Gasteiger partial charge in [0, 0.05) is 13.2 Å². The molecule has 2 N–H and O–H groups in total. The summed E-state index contributed by atoms with van der Waals surface area (Å²) in [4.78, 5) is 0. The van der Waals surface area contributed by atoms with E-state index in [2.05, 4.69) is 0 Å². The number of hydrogen-bond acceptors (Lipinski definition) is 3. The van der Waals surface area contributed by atoms with Crippen molar-refractivity contribution in [2.45, 2.75) is 13.8 Å². The molecule has 0 aliphatic heterocycles. The number of aliphatic hydroxyl groups excluding tert-OH is 2. The molecule has 65 valence electrons. The van der Waals surface area contributed by atoms with Crippen molar-refractivity contribution in [3.63, 3.8) is 0 Å². The molecular formula is C4H12Cl2O3V. The summed E-state index contributed by atoms with van der Waals surface area (Å²) in [6.07, 6.45) is 0. The molecule has 3 nitrogen and oxygen atoms in total. The van der Waals surface area contributed by atoms with E-state index < -0.39 is 0 Å². The molecule has 0 rings (SSSR count). The molecule has 0 saturated carbocycles. The first-order valence-electron chi connectivity index (χ1n) is 2.23. The van der Waals surface area contributed by atoms with Gasteiger partial charge in [0.05, 0.1) is 0 Å². The van der Waals surface area contributed by atoms with Crippen molar-refractivity contribution in [3.8, 4) is 0 Å². The molecule has 0 atom stereocenters. The Hall–Kier alpha value is 0.884. The fourth-order valence-corrected chi connectivity index (χ4v) is 0. The zero-order chi connectivity index (χ0) is 7.41. The van der Waals surface area contributed by atoms with Crippen molar-refractivity contribution in [1.82, 2.24) is 0 Å². The van der Waals surface area contributed by atoms with Gasteiger partial charge in [-0.05, 0) is 13.8 Å². The zero-order valence-electron chi connectivity index (χ0n) is 5.92. The molecule has 0 radical (unpaired) electrons. The molecule has 0 heterocycles. The normalized spacial score (nSPS) is 4.20. The minimum atomic E-state index is 0. The molecule has 6 heteroatoms. The first-order chi connectivity index (χ1) is 3.83. The van der Waals surface area contributed by atoms with Crippen LogP contribution in [0.5, 0.6) is 0 Å². The average Bonchev–Trinajstić information content (AvgIpc) is 1.75. The van der Waals surface area contributed by atoms with Crippen LogP contribution < -0.4 is 24.8 Å². The van der Waals surface area contributed by atoms with E-state index in [0.717, 1.165) is 17.4 Å². The summed E-state index contributed by atoms with van der Waals surface area (Å²) in [5.74, 6) is 0. The second-order valence-corrected chi connectivity index (χ2v) is 0.632. The summed E-state index contributed by atoms with van der Waals surface area (Å²) in [5.41, 5.74) is 0. The number of aliphatic hydroxyl groups is 2. The molecule has 0 spiro atoms. The van der Waals surface area contributed by atoms with Crippen LogP contribution in [-0.2, 0) is 21.0 Å². The minimum absolute atomic E-state index is 0. The van der Waals surface area contributed by atoms with E-state index in [1.807, 2.05) is 0 Å². The molecular weight excluding hydrogens is 218 g/mol. The summed E-state index contributed by atoms with van der Waals surface area (Å²) in [7, 11) is 0. The SMILES string of the molecule is CCO.CCO.[Cl-].[Cl-].[O]=[V+2]. The summed E-state index contributed by atoms with van der Waals surface area (Å²) in [5, 5.41) is 15.1. The third-order valence-corrected chi connectivity index (χ3v) is 0. The Bertz CT molecular complexity index is 26.0. The maximum atomic E-state index is 8.19. The van der Waals surface area contributed by atoms with Gasteiger partial charge in [-0.3, -0.25) is 0 Å². The van der Waals surface area contributed by atoms with Crippen molar-refractivity contribution < 1.29 is 56.1 Å². The van der Waals surface area contributed by atoms with Crippen LogP contribution in [0.1, 0.15) is 13.8 Å². The molecule has 0 amide bonds. The van der Waals surface area contributed by atoms with Gasteiger partial charge in [-0.1, -0.05) is 0 Å². The fraction of sp³-hybridized carbons (Fsp3) is 1.00. The van der Waals surface area contributed by atoms with Crippen molar-refractivity contribution in [2.24, 2.45) is 0 Å². The Morgan fingerprint density at radius 2 is 1.00 bits per heavy atom. The molecule has 0 fully saturated rings.